The minimum absolute atomic E-state index is 0. The Bertz CT molecular complexity index is 432. The van der Waals surface area contributed by atoms with Gasteiger partial charge in [-0.05, 0) is 50.8 Å². The lowest BCUT2D eigenvalue weighted by atomic mass is 9.98. The first-order chi connectivity index (χ1) is 10.1. The smallest absolute Gasteiger partial charge is 0.191 e. The third-order valence-corrected chi connectivity index (χ3v) is 3.29. The lowest BCUT2D eigenvalue weighted by Gasteiger charge is -2.15. The molecule has 0 aliphatic carbocycles. The van der Waals surface area contributed by atoms with Crippen LogP contribution in [0, 0.1) is 0 Å². The van der Waals surface area contributed by atoms with Crippen LogP contribution >= 0.6 is 24.0 Å². The Morgan fingerprint density at radius 3 is 2.32 bits per heavy atom. The molecule has 0 aliphatic rings. The van der Waals surface area contributed by atoms with Gasteiger partial charge in [0.05, 0.1) is 7.11 Å². The number of ether oxygens (including phenoxy) is 1. The number of hydrogen-bond acceptors (Lipinski definition) is 2. The van der Waals surface area contributed by atoms with Crippen LogP contribution in [-0.2, 0) is 0 Å². The predicted octanol–water partition coefficient (Wildman–Crippen LogP) is 3.77. The SMILES string of the molecule is CCNC(=NCCC(C)c1ccc(OC)cc1)NC(C)C.I. The van der Waals surface area contributed by atoms with Crippen LogP contribution in [0.25, 0.3) is 0 Å². The van der Waals surface area contributed by atoms with E-state index in [9.17, 15) is 0 Å². The van der Waals surface area contributed by atoms with Gasteiger partial charge in [-0.3, -0.25) is 4.99 Å². The van der Waals surface area contributed by atoms with Crippen LogP contribution in [0.3, 0.4) is 0 Å². The number of benzene rings is 1. The van der Waals surface area contributed by atoms with Crippen molar-refractivity contribution in [3.8, 4) is 5.75 Å². The van der Waals surface area contributed by atoms with Crippen molar-refractivity contribution in [1.29, 1.82) is 0 Å². The minimum atomic E-state index is 0. The van der Waals surface area contributed by atoms with Gasteiger partial charge >= 0.3 is 0 Å². The molecule has 0 bridgehead atoms. The molecule has 0 aliphatic heterocycles. The molecule has 1 rings (SSSR count). The van der Waals surface area contributed by atoms with Crippen LogP contribution in [0.5, 0.6) is 5.75 Å². The van der Waals surface area contributed by atoms with Gasteiger partial charge in [0.15, 0.2) is 5.96 Å². The van der Waals surface area contributed by atoms with Crippen molar-refractivity contribution in [2.24, 2.45) is 4.99 Å². The topological polar surface area (TPSA) is 45.7 Å². The molecule has 4 nitrogen and oxygen atoms in total. The highest BCUT2D eigenvalue weighted by molar-refractivity contribution is 14.0. The first kappa shape index (κ1) is 21.0. The highest BCUT2D eigenvalue weighted by atomic mass is 127. The van der Waals surface area contributed by atoms with Gasteiger partial charge in [0, 0.05) is 19.1 Å². The van der Waals surface area contributed by atoms with Crippen LogP contribution < -0.4 is 15.4 Å². The summed E-state index contributed by atoms with van der Waals surface area (Å²) < 4.78 is 5.19. The van der Waals surface area contributed by atoms with Gasteiger partial charge in [-0.15, -0.1) is 24.0 Å². The molecule has 1 unspecified atom stereocenters. The summed E-state index contributed by atoms with van der Waals surface area (Å²) in [4.78, 5) is 4.62. The molecule has 0 saturated heterocycles. The summed E-state index contributed by atoms with van der Waals surface area (Å²) >= 11 is 0. The number of guanidine groups is 1. The lowest BCUT2D eigenvalue weighted by molar-refractivity contribution is 0.414. The van der Waals surface area contributed by atoms with E-state index < -0.39 is 0 Å². The molecule has 1 aromatic carbocycles. The number of nitrogens with one attached hydrogen (secondary N) is 2. The summed E-state index contributed by atoms with van der Waals surface area (Å²) in [5, 5.41) is 6.60. The summed E-state index contributed by atoms with van der Waals surface area (Å²) in [6.07, 6.45) is 1.03. The number of hydrogen-bond donors (Lipinski definition) is 2. The zero-order valence-corrected chi connectivity index (χ0v) is 16.7. The molecule has 2 N–H and O–H groups in total. The Balaban J connectivity index is 0.00000441. The maximum atomic E-state index is 5.19. The molecule has 0 aromatic heterocycles. The van der Waals surface area contributed by atoms with Gasteiger partial charge in [-0.2, -0.15) is 0 Å². The summed E-state index contributed by atoms with van der Waals surface area (Å²) in [5.41, 5.74) is 1.33. The highest BCUT2D eigenvalue weighted by Gasteiger charge is 2.06. The summed E-state index contributed by atoms with van der Waals surface area (Å²) in [5.74, 6) is 2.29. The average molecular weight is 419 g/mol. The second kappa shape index (κ2) is 11.6. The molecule has 0 saturated carbocycles. The van der Waals surface area contributed by atoms with Gasteiger partial charge in [-0.25, -0.2) is 0 Å². The Kier molecular flexibility index (Phi) is 11.1. The van der Waals surface area contributed by atoms with E-state index in [1.807, 2.05) is 12.1 Å². The second-order valence-electron chi connectivity index (χ2n) is 5.52. The molecule has 0 heterocycles. The monoisotopic (exact) mass is 419 g/mol. The predicted molar refractivity (Wildman–Crippen MR) is 106 cm³/mol. The maximum Gasteiger partial charge on any atom is 0.191 e. The largest absolute Gasteiger partial charge is 0.497 e. The van der Waals surface area contributed by atoms with E-state index in [2.05, 4.69) is 55.5 Å². The molecule has 1 aromatic rings. The van der Waals surface area contributed by atoms with Crippen molar-refractivity contribution in [3.05, 3.63) is 29.8 Å². The zero-order chi connectivity index (χ0) is 15.7. The van der Waals surface area contributed by atoms with E-state index in [1.165, 1.54) is 5.56 Å². The van der Waals surface area contributed by atoms with Crippen molar-refractivity contribution in [2.45, 2.75) is 46.1 Å². The van der Waals surface area contributed by atoms with Gasteiger partial charge in [0.2, 0.25) is 0 Å². The highest BCUT2D eigenvalue weighted by Crippen LogP contribution is 2.21. The zero-order valence-electron chi connectivity index (χ0n) is 14.3. The molecule has 0 spiro atoms. The molecule has 0 fully saturated rings. The number of nitrogens with zero attached hydrogens (tertiary/aromatic N) is 1. The van der Waals surface area contributed by atoms with Gasteiger partial charge in [-0.1, -0.05) is 19.1 Å². The first-order valence-corrected chi connectivity index (χ1v) is 7.75. The lowest BCUT2D eigenvalue weighted by Crippen LogP contribution is -2.41. The van der Waals surface area contributed by atoms with E-state index in [0.29, 0.717) is 12.0 Å². The maximum absolute atomic E-state index is 5.19. The molecule has 0 radical (unpaired) electrons. The second-order valence-corrected chi connectivity index (χ2v) is 5.52. The van der Waals surface area contributed by atoms with Gasteiger partial charge in [0.1, 0.15) is 5.75 Å². The van der Waals surface area contributed by atoms with Gasteiger partial charge < -0.3 is 15.4 Å². The first-order valence-electron chi connectivity index (χ1n) is 7.75. The van der Waals surface area contributed by atoms with E-state index in [-0.39, 0.29) is 24.0 Å². The minimum Gasteiger partial charge on any atom is -0.497 e. The van der Waals surface area contributed by atoms with Crippen molar-refractivity contribution in [2.75, 3.05) is 20.2 Å². The molecular formula is C17H30IN3O. The van der Waals surface area contributed by atoms with Crippen molar-refractivity contribution in [1.82, 2.24) is 10.6 Å². The Labute approximate surface area is 152 Å². The van der Waals surface area contributed by atoms with Crippen molar-refractivity contribution >= 4 is 29.9 Å². The fourth-order valence-corrected chi connectivity index (χ4v) is 2.06. The van der Waals surface area contributed by atoms with E-state index >= 15 is 0 Å². The normalized spacial score (nSPS) is 12.5. The van der Waals surface area contributed by atoms with Crippen LogP contribution in [0.4, 0.5) is 0 Å². The third-order valence-electron chi connectivity index (χ3n) is 3.29. The Morgan fingerprint density at radius 1 is 1.18 bits per heavy atom. The van der Waals surface area contributed by atoms with Crippen LogP contribution in [0.15, 0.2) is 29.3 Å². The van der Waals surface area contributed by atoms with E-state index in [4.69, 9.17) is 4.74 Å². The van der Waals surface area contributed by atoms with E-state index in [0.717, 1.165) is 31.2 Å². The molecular weight excluding hydrogens is 389 g/mol. The molecule has 0 amide bonds. The number of halogens is 1. The third kappa shape index (κ3) is 7.87. The standard InChI is InChI=1S/C17H29N3O.HI/c1-6-18-17(20-13(2)3)19-12-11-14(4)15-7-9-16(21-5)10-8-15;/h7-10,13-14H,6,11-12H2,1-5H3,(H2,18,19,20);1H. The molecule has 126 valence electrons. The van der Waals surface area contributed by atoms with Crippen molar-refractivity contribution in [3.63, 3.8) is 0 Å². The number of aliphatic imine (C=N–C) groups is 1. The fourth-order valence-electron chi connectivity index (χ4n) is 2.06. The summed E-state index contributed by atoms with van der Waals surface area (Å²) in [6.45, 7) is 10.2. The van der Waals surface area contributed by atoms with Crippen LogP contribution in [0.2, 0.25) is 0 Å². The Morgan fingerprint density at radius 2 is 1.82 bits per heavy atom. The molecule has 22 heavy (non-hydrogen) atoms. The van der Waals surface area contributed by atoms with Gasteiger partial charge in [0.25, 0.3) is 0 Å². The summed E-state index contributed by atoms with van der Waals surface area (Å²) in [7, 11) is 1.69. The number of rotatable bonds is 7. The quantitative estimate of drug-likeness (QED) is 0.402. The van der Waals surface area contributed by atoms with E-state index in [1.54, 1.807) is 7.11 Å². The Hall–Kier alpha value is -0.980. The molecule has 5 heteroatoms. The van der Waals surface area contributed by atoms with Crippen LogP contribution in [0.1, 0.15) is 45.6 Å². The fraction of sp³-hybridized carbons (Fsp3) is 0.588. The van der Waals surface area contributed by atoms with Crippen molar-refractivity contribution < 1.29 is 4.74 Å². The average Bonchev–Trinajstić information content (AvgIpc) is 2.46. The van der Waals surface area contributed by atoms with Crippen LogP contribution in [-0.4, -0.2) is 32.2 Å². The number of methoxy groups -OCH3 is 1. The summed E-state index contributed by atoms with van der Waals surface area (Å²) in [6, 6.07) is 8.68. The molecule has 1 atom stereocenters.